The van der Waals surface area contributed by atoms with Crippen LogP contribution in [-0.4, -0.2) is 35.2 Å². The molecular weight excluding hydrogens is 274 g/mol. The summed E-state index contributed by atoms with van der Waals surface area (Å²) in [6.07, 6.45) is 2.65. The van der Waals surface area contributed by atoms with Crippen molar-refractivity contribution in [3.05, 3.63) is 24.2 Å². The molecule has 20 heavy (non-hydrogen) atoms. The summed E-state index contributed by atoms with van der Waals surface area (Å²) in [4.78, 5) is 0. The minimum absolute atomic E-state index is 0.631. The predicted molar refractivity (Wildman–Crippen MR) is 80.5 cm³/mol. The molecule has 0 aliphatic heterocycles. The van der Waals surface area contributed by atoms with Crippen molar-refractivity contribution in [2.24, 2.45) is 0 Å². The standard InChI is InChI=1S/C14H27NO4Si/c1-4-17-20(18-5-2,19-6-3)12-8-10-15-13-14-9-7-11-16-14/h7,9,11,15H,4-6,8,10,12-13H2,1-3H3. The summed E-state index contributed by atoms with van der Waals surface area (Å²) in [7, 11) is -2.48. The zero-order valence-corrected chi connectivity index (χ0v) is 13.8. The van der Waals surface area contributed by atoms with E-state index in [2.05, 4.69) is 5.32 Å². The summed E-state index contributed by atoms with van der Waals surface area (Å²) >= 11 is 0. The van der Waals surface area contributed by atoms with Crippen molar-refractivity contribution >= 4 is 8.80 Å². The van der Waals surface area contributed by atoms with Gasteiger partial charge in [0.05, 0.1) is 12.8 Å². The Morgan fingerprint density at radius 1 is 1.10 bits per heavy atom. The van der Waals surface area contributed by atoms with E-state index in [9.17, 15) is 0 Å². The third-order valence-corrected chi connectivity index (χ3v) is 5.96. The molecule has 1 aromatic heterocycles. The zero-order chi connectivity index (χ0) is 14.7. The lowest BCUT2D eigenvalue weighted by Gasteiger charge is -2.28. The van der Waals surface area contributed by atoms with Crippen LogP contribution in [0.4, 0.5) is 0 Å². The van der Waals surface area contributed by atoms with E-state index in [-0.39, 0.29) is 0 Å². The van der Waals surface area contributed by atoms with Gasteiger partial charge in [0.15, 0.2) is 0 Å². The van der Waals surface area contributed by atoms with Crippen LogP contribution in [0.2, 0.25) is 6.04 Å². The highest BCUT2D eigenvalue weighted by atomic mass is 28.4. The molecule has 0 amide bonds. The number of nitrogens with one attached hydrogen (secondary N) is 1. The Labute approximate surface area is 123 Å². The monoisotopic (exact) mass is 301 g/mol. The first kappa shape index (κ1) is 17.4. The van der Waals surface area contributed by atoms with Gasteiger partial charge in [0, 0.05) is 25.9 Å². The average Bonchev–Trinajstić information content (AvgIpc) is 2.92. The third kappa shape index (κ3) is 6.19. The molecule has 0 saturated carbocycles. The number of hydrogen-bond acceptors (Lipinski definition) is 5. The smallest absolute Gasteiger partial charge is 0.468 e. The van der Waals surface area contributed by atoms with Crippen LogP contribution < -0.4 is 5.32 Å². The average molecular weight is 301 g/mol. The predicted octanol–water partition coefficient (Wildman–Crippen LogP) is 2.81. The van der Waals surface area contributed by atoms with Crippen molar-refractivity contribution in [1.82, 2.24) is 5.32 Å². The Kier molecular flexibility index (Phi) is 8.80. The second kappa shape index (κ2) is 10.1. The van der Waals surface area contributed by atoms with Gasteiger partial charge in [0.25, 0.3) is 0 Å². The maximum atomic E-state index is 5.81. The highest BCUT2D eigenvalue weighted by molar-refractivity contribution is 6.60. The third-order valence-electron chi connectivity index (χ3n) is 2.81. The highest BCUT2D eigenvalue weighted by Crippen LogP contribution is 2.17. The minimum atomic E-state index is -2.48. The van der Waals surface area contributed by atoms with Gasteiger partial charge < -0.3 is 23.0 Å². The first-order valence-electron chi connectivity index (χ1n) is 7.41. The van der Waals surface area contributed by atoms with Crippen LogP contribution in [0, 0.1) is 0 Å². The van der Waals surface area contributed by atoms with Crippen molar-refractivity contribution in [3.8, 4) is 0 Å². The van der Waals surface area contributed by atoms with E-state index in [1.54, 1.807) is 6.26 Å². The first-order valence-corrected chi connectivity index (χ1v) is 9.34. The molecule has 0 radical (unpaired) electrons. The molecule has 0 aliphatic rings. The van der Waals surface area contributed by atoms with E-state index in [1.165, 1.54) is 0 Å². The van der Waals surface area contributed by atoms with Gasteiger partial charge in [-0.2, -0.15) is 0 Å². The van der Waals surface area contributed by atoms with Gasteiger partial charge in [-0.1, -0.05) is 0 Å². The van der Waals surface area contributed by atoms with Crippen LogP contribution in [0.15, 0.2) is 22.8 Å². The molecule has 0 fully saturated rings. The van der Waals surface area contributed by atoms with E-state index in [4.69, 9.17) is 17.7 Å². The van der Waals surface area contributed by atoms with Gasteiger partial charge in [-0.05, 0) is 45.9 Å². The van der Waals surface area contributed by atoms with Crippen LogP contribution in [-0.2, 0) is 19.8 Å². The first-order chi connectivity index (χ1) is 9.76. The number of rotatable bonds is 12. The number of furan rings is 1. The van der Waals surface area contributed by atoms with Crippen LogP contribution in [0.3, 0.4) is 0 Å². The largest absolute Gasteiger partial charge is 0.500 e. The van der Waals surface area contributed by atoms with Gasteiger partial charge in [-0.25, -0.2) is 0 Å². The Morgan fingerprint density at radius 2 is 1.75 bits per heavy atom. The topological polar surface area (TPSA) is 52.9 Å². The van der Waals surface area contributed by atoms with E-state index >= 15 is 0 Å². The Morgan fingerprint density at radius 3 is 2.25 bits per heavy atom. The van der Waals surface area contributed by atoms with E-state index in [0.29, 0.717) is 19.8 Å². The summed E-state index contributed by atoms with van der Waals surface area (Å²) in [6, 6.07) is 4.70. The lowest BCUT2D eigenvalue weighted by Crippen LogP contribution is -2.46. The molecule has 1 aromatic rings. The van der Waals surface area contributed by atoms with Gasteiger partial charge in [-0.15, -0.1) is 0 Å². The molecule has 0 bridgehead atoms. The molecular formula is C14H27NO4Si. The Bertz CT molecular complexity index is 315. The van der Waals surface area contributed by atoms with Gasteiger partial charge in [0.1, 0.15) is 5.76 Å². The van der Waals surface area contributed by atoms with Crippen LogP contribution >= 0.6 is 0 Å². The summed E-state index contributed by atoms with van der Waals surface area (Å²) in [5, 5.41) is 3.35. The fraction of sp³-hybridized carbons (Fsp3) is 0.714. The summed E-state index contributed by atoms with van der Waals surface area (Å²) < 4.78 is 22.7. The van der Waals surface area contributed by atoms with Crippen LogP contribution in [0.5, 0.6) is 0 Å². The van der Waals surface area contributed by atoms with Crippen LogP contribution in [0.25, 0.3) is 0 Å². The van der Waals surface area contributed by atoms with Crippen molar-refractivity contribution < 1.29 is 17.7 Å². The number of hydrogen-bond donors (Lipinski definition) is 1. The molecule has 0 spiro atoms. The van der Waals surface area contributed by atoms with E-state index in [1.807, 2.05) is 32.9 Å². The van der Waals surface area contributed by atoms with Crippen molar-refractivity contribution in [2.75, 3.05) is 26.4 Å². The second-order valence-electron chi connectivity index (χ2n) is 4.34. The minimum Gasteiger partial charge on any atom is -0.468 e. The second-order valence-corrected chi connectivity index (χ2v) is 7.07. The molecule has 6 heteroatoms. The maximum absolute atomic E-state index is 5.81. The lowest BCUT2D eigenvalue weighted by atomic mass is 10.4. The van der Waals surface area contributed by atoms with Crippen LogP contribution in [0.1, 0.15) is 33.0 Å². The van der Waals surface area contributed by atoms with Crippen molar-refractivity contribution in [2.45, 2.75) is 39.8 Å². The fourth-order valence-electron chi connectivity index (χ4n) is 2.06. The zero-order valence-electron chi connectivity index (χ0n) is 12.8. The Hall–Kier alpha value is -0.663. The molecule has 0 saturated heterocycles. The molecule has 1 rings (SSSR count). The molecule has 0 unspecified atom stereocenters. The van der Waals surface area contributed by atoms with Gasteiger partial charge >= 0.3 is 8.80 Å². The van der Waals surface area contributed by atoms with Gasteiger partial charge in [-0.3, -0.25) is 0 Å². The molecule has 0 atom stereocenters. The Balaban J connectivity index is 2.29. The molecule has 0 aromatic carbocycles. The molecule has 5 nitrogen and oxygen atoms in total. The van der Waals surface area contributed by atoms with Gasteiger partial charge in [0.2, 0.25) is 0 Å². The molecule has 0 aliphatic carbocycles. The summed E-state index contributed by atoms with van der Waals surface area (Å²) in [5.41, 5.74) is 0. The van der Waals surface area contributed by atoms with Crippen molar-refractivity contribution in [3.63, 3.8) is 0 Å². The fourth-order valence-corrected chi connectivity index (χ4v) is 4.67. The van der Waals surface area contributed by atoms with Crippen molar-refractivity contribution in [1.29, 1.82) is 0 Å². The molecule has 1 heterocycles. The SMILES string of the molecule is CCO[Si](CCCNCc1ccco1)(OCC)OCC. The van der Waals surface area contributed by atoms with E-state index in [0.717, 1.165) is 31.3 Å². The molecule has 1 N–H and O–H groups in total. The highest BCUT2D eigenvalue weighted by Gasteiger charge is 2.39. The normalized spacial score (nSPS) is 11.9. The summed E-state index contributed by atoms with van der Waals surface area (Å²) in [6.45, 7) is 9.48. The maximum Gasteiger partial charge on any atom is 0.500 e. The molecule has 116 valence electrons. The summed E-state index contributed by atoms with van der Waals surface area (Å²) in [5.74, 6) is 0.952. The van der Waals surface area contributed by atoms with E-state index < -0.39 is 8.80 Å². The lowest BCUT2D eigenvalue weighted by molar-refractivity contribution is 0.0708. The quantitative estimate of drug-likeness (QED) is 0.475.